The van der Waals surface area contributed by atoms with E-state index in [-0.39, 0.29) is 65.4 Å². The fourth-order valence-corrected chi connectivity index (χ4v) is 6.52. The summed E-state index contributed by atoms with van der Waals surface area (Å²) in [5, 5.41) is 6.79. The minimum atomic E-state index is -4.82. The maximum atomic E-state index is 16.9. The van der Waals surface area contributed by atoms with E-state index < -0.39 is 34.9 Å². The van der Waals surface area contributed by atoms with Crippen LogP contribution in [-0.2, 0) is 6.18 Å². The molecule has 2 atom stereocenters. The molecule has 240 valence electrons. The lowest BCUT2D eigenvalue weighted by Gasteiger charge is -2.30. The highest BCUT2D eigenvalue weighted by Crippen LogP contribution is 2.47. The number of hydrogen-bond acceptors (Lipinski definition) is 10. The number of nitrogens with two attached hydrogens (primary N) is 1. The number of nitrogen functional groups attached to an aromatic ring is 1. The summed E-state index contributed by atoms with van der Waals surface area (Å²) >= 11 is 0. The quantitative estimate of drug-likeness (QED) is 0.232. The van der Waals surface area contributed by atoms with Crippen molar-refractivity contribution >= 4 is 33.4 Å². The predicted octanol–water partition coefficient (Wildman–Crippen LogP) is 5.44. The second-order valence-electron chi connectivity index (χ2n) is 11.7. The Bertz CT molecular complexity index is 1970. The Morgan fingerprint density at radius 2 is 2.04 bits per heavy atom. The first-order chi connectivity index (χ1) is 22.0. The molecule has 1 fully saturated rings. The highest BCUT2D eigenvalue weighted by molar-refractivity contribution is 6.02. The van der Waals surface area contributed by atoms with E-state index in [1.54, 1.807) is 12.3 Å². The van der Waals surface area contributed by atoms with E-state index in [9.17, 15) is 13.2 Å². The van der Waals surface area contributed by atoms with Crippen molar-refractivity contribution in [1.29, 1.82) is 0 Å². The zero-order valence-electron chi connectivity index (χ0n) is 25.3. The number of benzene rings is 1. The molecule has 0 spiro atoms. The van der Waals surface area contributed by atoms with Gasteiger partial charge in [0.15, 0.2) is 5.82 Å². The van der Waals surface area contributed by atoms with E-state index in [0.717, 1.165) is 19.4 Å². The van der Waals surface area contributed by atoms with E-state index in [0.29, 0.717) is 16.9 Å². The Morgan fingerprint density at radius 3 is 2.78 bits per heavy atom. The number of nitrogens with one attached hydrogen (secondary N) is 1. The van der Waals surface area contributed by atoms with Crippen molar-refractivity contribution in [1.82, 2.24) is 35.0 Å². The molecule has 11 nitrogen and oxygen atoms in total. The molecule has 7 rings (SSSR count). The van der Waals surface area contributed by atoms with Crippen LogP contribution in [0.3, 0.4) is 0 Å². The zero-order chi connectivity index (χ0) is 32.3. The molecule has 2 aliphatic rings. The molecule has 0 radical (unpaired) electrons. The van der Waals surface area contributed by atoms with Gasteiger partial charge in [-0.05, 0) is 58.0 Å². The molecule has 3 N–H and O–H groups in total. The number of anilines is 2. The summed E-state index contributed by atoms with van der Waals surface area (Å²) in [6.45, 7) is 4.72. The Labute approximate surface area is 260 Å². The molecule has 1 saturated heterocycles. The van der Waals surface area contributed by atoms with E-state index >= 15 is 4.39 Å². The second-order valence-corrected chi connectivity index (χ2v) is 11.7. The van der Waals surface area contributed by atoms with E-state index in [2.05, 4.69) is 30.0 Å². The summed E-state index contributed by atoms with van der Waals surface area (Å²) in [6.07, 6.45) is -0.0913. The molecule has 0 bridgehead atoms. The van der Waals surface area contributed by atoms with Gasteiger partial charge in [-0.2, -0.15) is 28.2 Å². The maximum absolute atomic E-state index is 16.9. The van der Waals surface area contributed by atoms with Crippen LogP contribution in [0.1, 0.15) is 42.5 Å². The zero-order valence-corrected chi connectivity index (χ0v) is 25.3. The number of H-pyrrole nitrogens is 1. The number of aryl methyl sites for hydroxylation is 1. The molecule has 0 amide bonds. The van der Waals surface area contributed by atoms with Gasteiger partial charge in [-0.25, -0.2) is 14.4 Å². The maximum Gasteiger partial charge on any atom is 0.417 e. The standard InChI is InChI=1S/C31H31F4N9O2/c1-15-12-20-19(13-38-42-20)21(23(15)31(33,34)35)25-24(32)26-22-28(41-30(40-26)46-14-17-6-5-9-43(17)3)44(10-11-45-29(22)39-25)16(2)18-7-4-8-37-27(18)36/h4,7-8,12-13,16-17H,5-6,9-11,14H2,1-3H3,(H2,36,37)(H,38,42). The van der Waals surface area contributed by atoms with Crippen molar-refractivity contribution in [2.45, 2.75) is 44.9 Å². The van der Waals surface area contributed by atoms with Gasteiger partial charge in [0.05, 0.1) is 29.9 Å². The summed E-state index contributed by atoms with van der Waals surface area (Å²) in [7, 11) is 2.00. The van der Waals surface area contributed by atoms with Crippen LogP contribution < -0.4 is 20.1 Å². The lowest BCUT2D eigenvalue weighted by molar-refractivity contribution is -0.137. The van der Waals surface area contributed by atoms with Crippen molar-refractivity contribution in [3.8, 4) is 23.1 Å². The predicted molar refractivity (Wildman–Crippen MR) is 163 cm³/mol. The van der Waals surface area contributed by atoms with E-state index in [4.69, 9.17) is 20.2 Å². The summed E-state index contributed by atoms with van der Waals surface area (Å²) < 4.78 is 72.8. The fourth-order valence-electron chi connectivity index (χ4n) is 6.52. The van der Waals surface area contributed by atoms with Crippen LogP contribution in [0.25, 0.3) is 33.1 Å². The molecule has 0 saturated carbocycles. The topological polar surface area (TPSA) is 131 Å². The number of likely N-dealkylation sites (tertiary alicyclic amines) is 1. The van der Waals surface area contributed by atoms with Crippen LogP contribution in [0.2, 0.25) is 0 Å². The second kappa shape index (κ2) is 11.2. The molecule has 6 heterocycles. The van der Waals surface area contributed by atoms with Crippen molar-refractivity contribution < 1.29 is 27.0 Å². The van der Waals surface area contributed by atoms with Gasteiger partial charge in [0, 0.05) is 28.8 Å². The lowest BCUT2D eigenvalue weighted by atomic mass is 9.94. The van der Waals surface area contributed by atoms with Gasteiger partial charge in [0.2, 0.25) is 5.88 Å². The smallest absolute Gasteiger partial charge is 0.417 e. The number of ether oxygens (including phenoxy) is 2. The molecular weight excluding hydrogens is 606 g/mol. The average Bonchev–Trinajstić information content (AvgIpc) is 3.61. The van der Waals surface area contributed by atoms with Crippen LogP contribution >= 0.6 is 0 Å². The first kappa shape index (κ1) is 29.9. The summed E-state index contributed by atoms with van der Waals surface area (Å²) in [5.41, 5.74) is 4.80. The molecule has 15 heteroatoms. The largest absolute Gasteiger partial charge is 0.475 e. The van der Waals surface area contributed by atoms with Crippen LogP contribution in [0.5, 0.6) is 11.9 Å². The third-order valence-corrected chi connectivity index (χ3v) is 8.88. The van der Waals surface area contributed by atoms with Crippen molar-refractivity contribution in [2.24, 2.45) is 0 Å². The molecule has 2 aliphatic heterocycles. The third kappa shape index (κ3) is 4.98. The number of halogens is 4. The fraction of sp³-hybridized carbons (Fsp3) is 0.387. The van der Waals surface area contributed by atoms with Gasteiger partial charge < -0.3 is 25.0 Å². The van der Waals surface area contributed by atoms with Crippen molar-refractivity contribution in [2.75, 3.05) is 44.0 Å². The van der Waals surface area contributed by atoms with Gasteiger partial charge in [0.25, 0.3) is 0 Å². The van der Waals surface area contributed by atoms with Crippen molar-refractivity contribution in [3.05, 3.63) is 53.1 Å². The number of pyridine rings is 2. The summed E-state index contributed by atoms with van der Waals surface area (Å²) in [5.74, 6) is -0.587. The van der Waals surface area contributed by atoms with Gasteiger partial charge in [-0.15, -0.1) is 0 Å². The van der Waals surface area contributed by atoms with E-state index in [1.807, 2.05) is 24.9 Å². The lowest BCUT2D eigenvalue weighted by Crippen LogP contribution is -2.32. The number of aromatic amines is 1. The SMILES string of the molecule is Cc1cc2[nH]ncc2c(-c2nc3c4c(nc(OCC5CCCN5C)nc4c2F)N(C(C)c2cccnc2N)CCO3)c1C(F)(F)F. The van der Waals surface area contributed by atoms with Gasteiger partial charge in [0.1, 0.15) is 41.4 Å². The number of alkyl halides is 3. The van der Waals surface area contributed by atoms with Crippen molar-refractivity contribution in [3.63, 3.8) is 0 Å². The Balaban J connectivity index is 1.47. The average molecular weight is 638 g/mol. The molecule has 2 unspecified atom stereocenters. The normalized spacial score (nSPS) is 17.8. The monoisotopic (exact) mass is 637 g/mol. The summed E-state index contributed by atoms with van der Waals surface area (Å²) in [4.78, 5) is 21.8. The number of hydrogen-bond donors (Lipinski definition) is 2. The third-order valence-electron chi connectivity index (χ3n) is 8.88. The molecule has 5 aromatic rings. The van der Waals surface area contributed by atoms with Crippen LogP contribution in [0.4, 0.5) is 29.2 Å². The molecule has 0 aliphatic carbocycles. The van der Waals surface area contributed by atoms with Crippen LogP contribution in [-0.4, -0.2) is 74.4 Å². The number of rotatable bonds is 6. The van der Waals surface area contributed by atoms with E-state index in [1.165, 1.54) is 19.2 Å². The number of likely N-dealkylation sites (N-methyl/N-ethyl adjacent to an activating group) is 1. The minimum absolute atomic E-state index is 0.0572. The minimum Gasteiger partial charge on any atom is -0.475 e. The number of fused-ring (bicyclic) bond motifs is 1. The van der Waals surface area contributed by atoms with Crippen LogP contribution in [0.15, 0.2) is 30.6 Å². The Hall–Kier alpha value is -4.79. The highest BCUT2D eigenvalue weighted by Gasteiger charge is 2.39. The first-order valence-corrected chi connectivity index (χ1v) is 14.9. The molecule has 4 aromatic heterocycles. The molecule has 46 heavy (non-hydrogen) atoms. The summed E-state index contributed by atoms with van der Waals surface area (Å²) in [6, 6.07) is 4.51. The number of nitrogens with zero attached hydrogens (tertiary/aromatic N) is 7. The van der Waals surface area contributed by atoms with Crippen LogP contribution in [0, 0.1) is 12.7 Å². The van der Waals surface area contributed by atoms with Gasteiger partial charge in [-0.1, -0.05) is 6.07 Å². The Morgan fingerprint density at radius 1 is 1.22 bits per heavy atom. The van der Waals surface area contributed by atoms with Gasteiger partial charge >= 0.3 is 12.2 Å². The highest BCUT2D eigenvalue weighted by atomic mass is 19.4. The van der Waals surface area contributed by atoms with Gasteiger partial charge in [-0.3, -0.25) is 5.10 Å². The number of aromatic nitrogens is 6. The Kier molecular flexibility index (Phi) is 7.30. The molecular formula is C31H31F4N9O2. The molecule has 1 aromatic carbocycles. The first-order valence-electron chi connectivity index (χ1n) is 14.9.